The Labute approximate surface area is 112 Å². The molecule has 2 aromatic heterocycles. The first-order valence-electron chi connectivity index (χ1n) is 6.54. The maximum absolute atomic E-state index is 5.69. The molecule has 0 spiro atoms. The van der Waals surface area contributed by atoms with Crippen molar-refractivity contribution in [3.05, 3.63) is 66.1 Å². The maximum atomic E-state index is 5.69. The molecule has 3 nitrogen and oxygen atoms in total. The number of benzene rings is 1. The van der Waals surface area contributed by atoms with Gasteiger partial charge in [0.15, 0.2) is 0 Å². The van der Waals surface area contributed by atoms with E-state index in [9.17, 15) is 0 Å². The number of pyridine rings is 1. The van der Waals surface area contributed by atoms with Gasteiger partial charge in [0.1, 0.15) is 0 Å². The van der Waals surface area contributed by atoms with Crippen molar-refractivity contribution < 1.29 is 0 Å². The molecule has 0 unspecified atom stereocenters. The maximum Gasteiger partial charge on any atom is 0.0491 e. The van der Waals surface area contributed by atoms with Crippen molar-refractivity contribution >= 4 is 10.9 Å². The highest BCUT2D eigenvalue weighted by atomic mass is 15.0. The van der Waals surface area contributed by atoms with Crippen molar-refractivity contribution in [2.45, 2.75) is 13.0 Å². The number of para-hydroxylation sites is 1. The summed E-state index contributed by atoms with van der Waals surface area (Å²) in [7, 11) is 0. The van der Waals surface area contributed by atoms with Crippen LogP contribution in [0.4, 0.5) is 0 Å². The Morgan fingerprint density at radius 2 is 2.00 bits per heavy atom. The fourth-order valence-corrected chi connectivity index (χ4v) is 2.50. The second-order valence-electron chi connectivity index (χ2n) is 4.70. The lowest BCUT2D eigenvalue weighted by Crippen LogP contribution is -2.02. The van der Waals surface area contributed by atoms with Crippen molar-refractivity contribution in [3.63, 3.8) is 0 Å². The van der Waals surface area contributed by atoms with E-state index in [1.54, 1.807) is 6.20 Å². The minimum Gasteiger partial charge on any atom is -0.343 e. The van der Waals surface area contributed by atoms with E-state index < -0.39 is 0 Å². The molecule has 0 fully saturated rings. The Morgan fingerprint density at radius 1 is 1.11 bits per heavy atom. The molecule has 0 atom stereocenters. The molecule has 0 aliphatic carbocycles. The van der Waals surface area contributed by atoms with Gasteiger partial charge in [0.25, 0.3) is 0 Å². The Balaban J connectivity index is 2.03. The predicted molar refractivity (Wildman–Crippen MR) is 78.0 cm³/mol. The average molecular weight is 251 g/mol. The number of rotatable bonds is 4. The Hall–Kier alpha value is -2.13. The quantitative estimate of drug-likeness (QED) is 0.774. The second-order valence-corrected chi connectivity index (χ2v) is 4.70. The van der Waals surface area contributed by atoms with Crippen LogP contribution >= 0.6 is 0 Å². The molecular weight excluding hydrogens is 234 g/mol. The van der Waals surface area contributed by atoms with Gasteiger partial charge in [-0.25, -0.2) is 0 Å². The molecule has 0 radical (unpaired) electrons. The van der Waals surface area contributed by atoms with Gasteiger partial charge in [-0.1, -0.05) is 24.3 Å². The Bertz CT molecular complexity index is 671. The molecule has 0 amide bonds. The largest absolute Gasteiger partial charge is 0.343 e. The van der Waals surface area contributed by atoms with Gasteiger partial charge in [-0.05, 0) is 36.2 Å². The lowest BCUT2D eigenvalue weighted by Gasteiger charge is -2.04. The molecule has 3 aromatic rings. The molecule has 3 heteroatoms. The van der Waals surface area contributed by atoms with Gasteiger partial charge in [-0.15, -0.1) is 0 Å². The summed E-state index contributed by atoms with van der Waals surface area (Å²) in [6, 6.07) is 12.6. The van der Waals surface area contributed by atoms with Gasteiger partial charge < -0.3 is 10.3 Å². The molecule has 2 N–H and O–H groups in total. The fourth-order valence-electron chi connectivity index (χ4n) is 2.50. The van der Waals surface area contributed by atoms with Crippen LogP contribution in [0.3, 0.4) is 0 Å². The minimum atomic E-state index is 0.681. The zero-order valence-corrected chi connectivity index (χ0v) is 10.8. The zero-order valence-electron chi connectivity index (χ0n) is 10.8. The summed E-state index contributed by atoms with van der Waals surface area (Å²) in [5, 5.41) is 1.30. The van der Waals surface area contributed by atoms with Gasteiger partial charge in [0.2, 0.25) is 0 Å². The lowest BCUT2D eigenvalue weighted by atomic mass is 10.1. The second kappa shape index (κ2) is 5.24. The van der Waals surface area contributed by atoms with E-state index in [2.05, 4.69) is 46.1 Å². The number of hydrogen-bond donors (Lipinski definition) is 1. The normalized spacial score (nSPS) is 11.0. The van der Waals surface area contributed by atoms with E-state index >= 15 is 0 Å². The monoisotopic (exact) mass is 251 g/mol. The molecule has 0 aliphatic rings. The van der Waals surface area contributed by atoms with E-state index in [-0.39, 0.29) is 0 Å². The summed E-state index contributed by atoms with van der Waals surface area (Å²) in [6.07, 6.45) is 6.85. The molecule has 1 aromatic carbocycles. The summed E-state index contributed by atoms with van der Waals surface area (Å²) in [5.41, 5.74) is 9.49. The number of fused-ring (bicyclic) bond motifs is 1. The number of nitrogens with two attached hydrogens (primary N) is 1. The highest BCUT2D eigenvalue weighted by Gasteiger charge is 2.07. The van der Waals surface area contributed by atoms with Crippen LogP contribution in [0, 0.1) is 0 Å². The average Bonchev–Trinajstić information content (AvgIpc) is 2.79. The summed E-state index contributed by atoms with van der Waals surface area (Å²) < 4.78 is 2.28. The number of hydrogen-bond acceptors (Lipinski definition) is 2. The third kappa shape index (κ3) is 2.37. The predicted octanol–water partition coefficient (Wildman–Crippen LogP) is 2.59. The Morgan fingerprint density at radius 3 is 2.79 bits per heavy atom. The molecule has 0 aliphatic heterocycles. The van der Waals surface area contributed by atoms with E-state index in [0.29, 0.717) is 6.54 Å². The first-order valence-corrected chi connectivity index (χ1v) is 6.54. The van der Waals surface area contributed by atoms with Crippen LogP contribution in [0.2, 0.25) is 0 Å². The van der Waals surface area contributed by atoms with E-state index in [0.717, 1.165) is 13.0 Å². The SMILES string of the molecule is NCCc1cn(Cc2cccnc2)c2ccccc12. The van der Waals surface area contributed by atoms with Crippen LogP contribution in [-0.2, 0) is 13.0 Å². The molecule has 19 heavy (non-hydrogen) atoms. The van der Waals surface area contributed by atoms with Crippen molar-refractivity contribution in [1.82, 2.24) is 9.55 Å². The molecule has 3 rings (SSSR count). The van der Waals surface area contributed by atoms with Gasteiger partial charge in [0.05, 0.1) is 0 Å². The summed E-state index contributed by atoms with van der Waals surface area (Å²) in [5.74, 6) is 0. The summed E-state index contributed by atoms with van der Waals surface area (Å²) in [4.78, 5) is 4.17. The third-order valence-corrected chi connectivity index (χ3v) is 3.36. The van der Waals surface area contributed by atoms with Gasteiger partial charge in [-0.3, -0.25) is 4.98 Å². The van der Waals surface area contributed by atoms with Crippen molar-refractivity contribution in [2.75, 3.05) is 6.54 Å². The summed E-state index contributed by atoms with van der Waals surface area (Å²) >= 11 is 0. The molecule has 0 saturated carbocycles. The highest BCUT2D eigenvalue weighted by molar-refractivity contribution is 5.84. The highest BCUT2D eigenvalue weighted by Crippen LogP contribution is 2.22. The van der Waals surface area contributed by atoms with Crippen LogP contribution in [0.25, 0.3) is 10.9 Å². The first kappa shape index (κ1) is 11.9. The van der Waals surface area contributed by atoms with Crippen LogP contribution < -0.4 is 5.73 Å². The minimum absolute atomic E-state index is 0.681. The zero-order chi connectivity index (χ0) is 13.1. The third-order valence-electron chi connectivity index (χ3n) is 3.36. The van der Waals surface area contributed by atoms with E-state index in [1.807, 2.05) is 12.3 Å². The van der Waals surface area contributed by atoms with Crippen LogP contribution in [0.5, 0.6) is 0 Å². The van der Waals surface area contributed by atoms with Crippen LogP contribution in [0.1, 0.15) is 11.1 Å². The van der Waals surface area contributed by atoms with Gasteiger partial charge in [0, 0.05) is 36.0 Å². The molecular formula is C16H17N3. The van der Waals surface area contributed by atoms with Gasteiger partial charge in [-0.2, -0.15) is 0 Å². The molecule has 0 saturated heterocycles. The van der Waals surface area contributed by atoms with Crippen LogP contribution in [0.15, 0.2) is 55.0 Å². The van der Waals surface area contributed by atoms with E-state index in [4.69, 9.17) is 5.73 Å². The van der Waals surface area contributed by atoms with Crippen molar-refractivity contribution in [2.24, 2.45) is 5.73 Å². The standard InChI is InChI=1S/C16H17N3/c17-8-7-14-12-19(11-13-4-3-9-18-10-13)16-6-2-1-5-15(14)16/h1-6,9-10,12H,7-8,11,17H2. The van der Waals surface area contributed by atoms with E-state index in [1.165, 1.54) is 22.0 Å². The molecule has 2 heterocycles. The van der Waals surface area contributed by atoms with Gasteiger partial charge >= 0.3 is 0 Å². The van der Waals surface area contributed by atoms with Crippen molar-refractivity contribution in [1.29, 1.82) is 0 Å². The fraction of sp³-hybridized carbons (Fsp3) is 0.188. The molecule has 96 valence electrons. The Kier molecular flexibility index (Phi) is 3.29. The lowest BCUT2D eigenvalue weighted by molar-refractivity contribution is 0.822. The summed E-state index contributed by atoms with van der Waals surface area (Å²) in [6.45, 7) is 1.53. The van der Waals surface area contributed by atoms with Crippen LogP contribution in [-0.4, -0.2) is 16.1 Å². The van der Waals surface area contributed by atoms with Crippen molar-refractivity contribution in [3.8, 4) is 0 Å². The smallest absolute Gasteiger partial charge is 0.0491 e. The first-order chi connectivity index (χ1) is 9.38. The molecule has 0 bridgehead atoms. The number of aromatic nitrogens is 2. The topological polar surface area (TPSA) is 43.8 Å². The number of nitrogens with zero attached hydrogens (tertiary/aromatic N) is 2.